The fraction of sp³-hybridized carbons (Fsp3) is 0.385. The number of rotatable bonds is 7. The number of amides is 1. The highest BCUT2D eigenvalue weighted by atomic mass is 16.2. The van der Waals surface area contributed by atoms with Crippen molar-refractivity contribution in [1.29, 1.82) is 10.7 Å². The van der Waals surface area contributed by atoms with Crippen LogP contribution in [0.5, 0.6) is 0 Å². The third kappa shape index (κ3) is 5.35. The molecule has 36 heavy (non-hydrogen) atoms. The number of pyridine rings is 1. The molecule has 0 bridgehead atoms. The minimum atomic E-state index is -0.243. The van der Waals surface area contributed by atoms with E-state index in [0.29, 0.717) is 43.6 Å². The smallest absolute Gasteiger partial charge is 0.228 e. The summed E-state index contributed by atoms with van der Waals surface area (Å²) in [4.78, 5) is 29.6. The van der Waals surface area contributed by atoms with Crippen LogP contribution in [0.1, 0.15) is 45.0 Å². The number of carbonyl (C=O) groups is 1. The van der Waals surface area contributed by atoms with E-state index in [-0.39, 0.29) is 29.4 Å². The van der Waals surface area contributed by atoms with E-state index >= 15 is 0 Å². The molecule has 3 aromatic rings. The Morgan fingerprint density at radius 2 is 1.83 bits per heavy atom. The first-order valence-electron chi connectivity index (χ1n) is 12.1. The molecule has 2 aromatic heterocycles. The zero-order valence-corrected chi connectivity index (χ0v) is 21.0. The van der Waals surface area contributed by atoms with Crippen molar-refractivity contribution in [2.75, 3.05) is 41.7 Å². The maximum absolute atomic E-state index is 11.8. The maximum Gasteiger partial charge on any atom is 0.228 e. The van der Waals surface area contributed by atoms with Gasteiger partial charge in [-0.15, -0.1) is 0 Å². The van der Waals surface area contributed by atoms with Crippen molar-refractivity contribution in [2.45, 2.75) is 39.8 Å². The molecular formula is C26H31N9O. The number of fused-ring (bicyclic) bond motifs is 1. The average Bonchev–Trinajstić information content (AvgIpc) is 2.88. The van der Waals surface area contributed by atoms with Crippen molar-refractivity contribution in [3.8, 4) is 6.07 Å². The van der Waals surface area contributed by atoms with Crippen LogP contribution < -0.4 is 15.5 Å². The van der Waals surface area contributed by atoms with Crippen LogP contribution in [-0.4, -0.2) is 63.7 Å². The quantitative estimate of drug-likeness (QED) is 0.432. The molecule has 1 aromatic carbocycles. The second-order valence-electron chi connectivity index (χ2n) is 9.20. The van der Waals surface area contributed by atoms with E-state index in [2.05, 4.69) is 26.7 Å². The zero-order chi connectivity index (χ0) is 25.8. The van der Waals surface area contributed by atoms with E-state index in [1.165, 1.54) is 0 Å². The molecule has 3 N–H and O–H groups in total. The first kappa shape index (κ1) is 24.9. The standard InChI is InChI=1S/C26H31N9O/c1-16(2)30-24-23(21(28)14-27)32-26(35-11-9-34(10-12-35)18(4)36)33-25(24)31-17(3)20-13-19-7-5-6-8-22(19)29-15-20/h5-8,13,15-17,28,30H,9-12H2,1-4H3,(H,31,32,33)/t17-/m1/s1. The average molecular weight is 486 g/mol. The summed E-state index contributed by atoms with van der Waals surface area (Å²) in [6.45, 7) is 9.82. The Hall–Kier alpha value is -4.26. The predicted molar refractivity (Wildman–Crippen MR) is 141 cm³/mol. The fourth-order valence-electron chi connectivity index (χ4n) is 4.19. The lowest BCUT2D eigenvalue weighted by atomic mass is 10.1. The molecule has 10 nitrogen and oxygen atoms in total. The molecule has 1 fully saturated rings. The normalized spacial score (nSPS) is 14.4. The van der Waals surface area contributed by atoms with Gasteiger partial charge < -0.3 is 20.4 Å². The zero-order valence-electron chi connectivity index (χ0n) is 21.0. The molecule has 0 unspecified atom stereocenters. The Bertz CT molecular complexity index is 1320. The molecule has 0 radical (unpaired) electrons. The number of piperazine rings is 1. The first-order chi connectivity index (χ1) is 17.3. The Balaban J connectivity index is 1.72. The van der Waals surface area contributed by atoms with Crippen LogP contribution in [0.2, 0.25) is 0 Å². The summed E-state index contributed by atoms with van der Waals surface area (Å²) in [6.07, 6.45) is 1.84. The van der Waals surface area contributed by atoms with Gasteiger partial charge in [0.2, 0.25) is 11.9 Å². The van der Waals surface area contributed by atoms with Crippen LogP contribution in [0.3, 0.4) is 0 Å². The monoisotopic (exact) mass is 485 g/mol. The lowest BCUT2D eigenvalue weighted by Crippen LogP contribution is -2.48. The highest BCUT2D eigenvalue weighted by Gasteiger charge is 2.25. The molecule has 1 saturated heterocycles. The fourth-order valence-corrected chi connectivity index (χ4v) is 4.19. The van der Waals surface area contributed by atoms with Gasteiger partial charge in [-0.05, 0) is 38.5 Å². The van der Waals surface area contributed by atoms with Gasteiger partial charge in [0, 0.05) is 50.7 Å². The summed E-state index contributed by atoms with van der Waals surface area (Å²) in [5.41, 5.74) is 2.43. The summed E-state index contributed by atoms with van der Waals surface area (Å²) < 4.78 is 0. The molecule has 0 aliphatic carbocycles. The van der Waals surface area contributed by atoms with E-state index in [1.54, 1.807) is 11.8 Å². The van der Waals surface area contributed by atoms with Gasteiger partial charge in [-0.3, -0.25) is 15.2 Å². The van der Waals surface area contributed by atoms with Crippen molar-refractivity contribution in [1.82, 2.24) is 19.9 Å². The molecule has 0 saturated carbocycles. The summed E-state index contributed by atoms with van der Waals surface area (Å²) in [5.74, 6) is 0.978. The van der Waals surface area contributed by atoms with Gasteiger partial charge in [0.05, 0.1) is 11.6 Å². The van der Waals surface area contributed by atoms with Crippen LogP contribution in [0.15, 0.2) is 36.5 Å². The lowest BCUT2D eigenvalue weighted by Gasteiger charge is -2.34. The number of nitrogens with zero attached hydrogens (tertiary/aromatic N) is 6. The van der Waals surface area contributed by atoms with Gasteiger partial charge in [0.1, 0.15) is 17.5 Å². The summed E-state index contributed by atoms with van der Waals surface area (Å²) in [6, 6.07) is 11.8. The van der Waals surface area contributed by atoms with E-state index < -0.39 is 0 Å². The molecular weight excluding hydrogens is 454 g/mol. The topological polar surface area (TPSA) is 134 Å². The van der Waals surface area contributed by atoms with Crippen molar-refractivity contribution < 1.29 is 4.79 Å². The van der Waals surface area contributed by atoms with Gasteiger partial charge in [-0.25, -0.2) is 4.98 Å². The minimum absolute atomic E-state index is 0.0296. The third-order valence-corrected chi connectivity index (χ3v) is 6.15. The van der Waals surface area contributed by atoms with Crippen LogP contribution >= 0.6 is 0 Å². The maximum atomic E-state index is 11.8. The molecule has 0 spiro atoms. The Kier molecular flexibility index (Phi) is 7.29. The highest BCUT2D eigenvalue weighted by Crippen LogP contribution is 2.31. The Morgan fingerprint density at radius 3 is 2.50 bits per heavy atom. The molecule has 1 aliphatic heterocycles. The van der Waals surface area contributed by atoms with E-state index in [9.17, 15) is 10.1 Å². The van der Waals surface area contributed by atoms with Crippen molar-refractivity contribution in [3.05, 3.63) is 47.8 Å². The molecule has 10 heteroatoms. The number of anilines is 3. The SMILES string of the molecule is CC(=O)N1CCN(c2nc(N[C@H](C)c3cnc4ccccc4c3)c(NC(C)C)c(C(=N)C#N)n2)CC1. The predicted octanol–water partition coefficient (Wildman–Crippen LogP) is 3.58. The number of carbonyl (C=O) groups excluding carboxylic acids is 1. The van der Waals surface area contributed by atoms with E-state index in [1.807, 2.05) is 62.2 Å². The number of benzene rings is 1. The summed E-state index contributed by atoms with van der Waals surface area (Å²) in [7, 11) is 0. The van der Waals surface area contributed by atoms with Crippen LogP contribution in [0.4, 0.5) is 17.5 Å². The number of nitriles is 1. The van der Waals surface area contributed by atoms with Gasteiger partial charge in [-0.1, -0.05) is 18.2 Å². The van der Waals surface area contributed by atoms with Crippen molar-refractivity contribution in [3.63, 3.8) is 0 Å². The third-order valence-electron chi connectivity index (χ3n) is 6.15. The second-order valence-corrected chi connectivity index (χ2v) is 9.20. The molecule has 1 atom stereocenters. The number of hydrogen-bond donors (Lipinski definition) is 3. The Morgan fingerprint density at radius 1 is 1.11 bits per heavy atom. The van der Waals surface area contributed by atoms with Gasteiger partial charge >= 0.3 is 0 Å². The molecule has 3 heterocycles. The van der Waals surface area contributed by atoms with E-state index in [0.717, 1.165) is 16.5 Å². The molecule has 1 aliphatic rings. The van der Waals surface area contributed by atoms with Gasteiger partial charge in [0.15, 0.2) is 11.5 Å². The van der Waals surface area contributed by atoms with Crippen molar-refractivity contribution >= 4 is 40.0 Å². The lowest BCUT2D eigenvalue weighted by molar-refractivity contribution is -0.129. The highest BCUT2D eigenvalue weighted by molar-refractivity contribution is 6.12. The first-order valence-corrected chi connectivity index (χ1v) is 12.1. The molecule has 1 amide bonds. The summed E-state index contributed by atoms with van der Waals surface area (Å²) >= 11 is 0. The van der Waals surface area contributed by atoms with Crippen LogP contribution in [0, 0.1) is 16.7 Å². The largest absolute Gasteiger partial charge is 0.378 e. The van der Waals surface area contributed by atoms with Crippen LogP contribution in [0.25, 0.3) is 10.9 Å². The Labute approximate surface area is 210 Å². The van der Waals surface area contributed by atoms with E-state index in [4.69, 9.17) is 10.4 Å². The summed E-state index contributed by atoms with van der Waals surface area (Å²) in [5, 5.41) is 25.7. The van der Waals surface area contributed by atoms with Gasteiger partial charge in [0.25, 0.3) is 0 Å². The second kappa shape index (κ2) is 10.6. The number of nitrogens with one attached hydrogen (secondary N) is 3. The van der Waals surface area contributed by atoms with Crippen molar-refractivity contribution in [2.24, 2.45) is 0 Å². The number of para-hydroxylation sites is 1. The van der Waals surface area contributed by atoms with Crippen LogP contribution in [-0.2, 0) is 4.79 Å². The number of hydrogen-bond acceptors (Lipinski definition) is 9. The number of aromatic nitrogens is 3. The minimum Gasteiger partial charge on any atom is -0.378 e. The molecule has 4 rings (SSSR count). The van der Waals surface area contributed by atoms with Gasteiger partial charge in [-0.2, -0.15) is 10.2 Å². The molecule has 186 valence electrons.